The SMILES string of the molecule is Cc1ccc(Cl)cc1OC(CNC(C)(C)C)C(C)C. The Morgan fingerprint density at radius 2 is 1.89 bits per heavy atom. The van der Waals surface area contributed by atoms with Crippen LogP contribution in [0.5, 0.6) is 5.75 Å². The average Bonchev–Trinajstić information content (AvgIpc) is 2.27. The van der Waals surface area contributed by atoms with Gasteiger partial charge in [-0.2, -0.15) is 0 Å². The molecule has 108 valence electrons. The molecule has 0 bridgehead atoms. The lowest BCUT2D eigenvalue weighted by Gasteiger charge is -2.28. The van der Waals surface area contributed by atoms with Crippen LogP contribution in [0.4, 0.5) is 0 Å². The van der Waals surface area contributed by atoms with Gasteiger partial charge in [-0.05, 0) is 51.3 Å². The summed E-state index contributed by atoms with van der Waals surface area (Å²) in [4.78, 5) is 0. The monoisotopic (exact) mass is 283 g/mol. The van der Waals surface area contributed by atoms with Crippen LogP contribution >= 0.6 is 11.6 Å². The van der Waals surface area contributed by atoms with Gasteiger partial charge in [-0.15, -0.1) is 0 Å². The van der Waals surface area contributed by atoms with Crippen molar-refractivity contribution in [3.63, 3.8) is 0 Å². The van der Waals surface area contributed by atoms with Crippen molar-refractivity contribution in [1.29, 1.82) is 0 Å². The van der Waals surface area contributed by atoms with Gasteiger partial charge in [0.1, 0.15) is 11.9 Å². The summed E-state index contributed by atoms with van der Waals surface area (Å²) in [5, 5.41) is 4.21. The Bertz CT molecular complexity index is 410. The minimum Gasteiger partial charge on any atom is -0.489 e. The lowest BCUT2D eigenvalue weighted by atomic mass is 10.0. The molecule has 0 fully saturated rings. The molecule has 0 aliphatic heterocycles. The molecule has 1 aromatic carbocycles. The second kappa shape index (κ2) is 6.62. The standard InChI is InChI=1S/C16H26ClNO/c1-11(2)15(10-18-16(4,5)6)19-14-9-13(17)8-7-12(14)3/h7-9,11,15,18H,10H2,1-6H3. The lowest BCUT2D eigenvalue weighted by molar-refractivity contribution is 0.139. The van der Waals surface area contributed by atoms with E-state index in [1.165, 1.54) is 0 Å². The number of hydrogen-bond acceptors (Lipinski definition) is 2. The summed E-state index contributed by atoms with van der Waals surface area (Å²) in [5.74, 6) is 1.31. The zero-order valence-corrected chi connectivity index (χ0v) is 13.6. The number of ether oxygens (including phenoxy) is 1. The third kappa shape index (κ3) is 5.84. The molecule has 0 aliphatic carbocycles. The van der Waals surface area contributed by atoms with Gasteiger partial charge in [0, 0.05) is 17.1 Å². The van der Waals surface area contributed by atoms with Gasteiger partial charge >= 0.3 is 0 Å². The third-order valence-corrected chi connectivity index (χ3v) is 3.24. The molecule has 1 N–H and O–H groups in total. The van der Waals surface area contributed by atoms with Gasteiger partial charge in [-0.1, -0.05) is 31.5 Å². The van der Waals surface area contributed by atoms with Crippen LogP contribution in [-0.2, 0) is 0 Å². The second-order valence-electron chi connectivity index (χ2n) is 6.44. The number of hydrogen-bond donors (Lipinski definition) is 1. The molecule has 0 aliphatic rings. The minimum atomic E-state index is 0.0971. The molecule has 19 heavy (non-hydrogen) atoms. The first-order valence-electron chi connectivity index (χ1n) is 6.87. The first kappa shape index (κ1) is 16.3. The van der Waals surface area contributed by atoms with E-state index in [1.807, 2.05) is 25.1 Å². The number of nitrogens with one attached hydrogen (secondary N) is 1. The van der Waals surface area contributed by atoms with Gasteiger partial charge in [0.25, 0.3) is 0 Å². The number of aryl methyl sites for hydroxylation is 1. The molecule has 1 aromatic rings. The van der Waals surface area contributed by atoms with Crippen molar-refractivity contribution in [2.45, 2.75) is 53.2 Å². The van der Waals surface area contributed by atoms with E-state index in [2.05, 4.69) is 39.9 Å². The van der Waals surface area contributed by atoms with Crippen molar-refractivity contribution in [3.8, 4) is 5.75 Å². The van der Waals surface area contributed by atoms with E-state index in [4.69, 9.17) is 16.3 Å². The van der Waals surface area contributed by atoms with E-state index < -0.39 is 0 Å². The first-order valence-corrected chi connectivity index (χ1v) is 7.24. The molecule has 0 heterocycles. The second-order valence-corrected chi connectivity index (χ2v) is 6.88. The van der Waals surface area contributed by atoms with Crippen molar-refractivity contribution in [2.24, 2.45) is 5.92 Å². The number of benzene rings is 1. The fraction of sp³-hybridized carbons (Fsp3) is 0.625. The fourth-order valence-electron chi connectivity index (χ4n) is 1.68. The summed E-state index contributed by atoms with van der Waals surface area (Å²) in [6.07, 6.45) is 0.136. The molecular formula is C16H26ClNO. The molecule has 1 unspecified atom stereocenters. The van der Waals surface area contributed by atoms with Gasteiger partial charge < -0.3 is 10.1 Å². The van der Waals surface area contributed by atoms with E-state index in [-0.39, 0.29) is 11.6 Å². The summed E-state index contributed by atoms with van der Waals surface area (Å²) in [6.45, 7) is 13.7. The highest BCUT2D eigenvalue weighted by Crippen LogP contribution is 2.25. The fourth-order valence-corrected chi connectivity index (χ4v) is 1.85. The smallest absolute Gasteiger partial charge is 0.124 e. The van der Waals surface area contributed by atoms with E-state index in [1.54, 1.807) is 0 Å². The summed E-state index contributed by atoms with van der Waals surface area (Å²) in [7, 11) is 0. The van der Waals surface area contributed by atoms with Crippen LogP contribution in [0.3, 0.4) is 0 Å². The molecule has 1 atom stereocenters. The van der Waals surface area contributed by atoms with Crippen LogP contribution in [0.2, 0.25) is 5.02 Å². The van der Waals surface area contributed by atoms with Crippen molar-refractivity contribution < 1.29 is 4.74 Å². The van der Waals surface area contributed by atoms with Crippen LogP contribution < -0.4 is 10.1 Å². The van der Waals surface area contributed by atoms with E-state index in [9.17, 15) is 0 Å². The Kier molecular flexibility index (Phi) is 5.69. The Hall–Kier alpha value is -0.730. The summed E-state index contributed by atoms with van der Waals surface area (Å²) in [5.41, 5.74) is 1.21. The quantitative estimate of drug-likeness (QED) is 0.862. The van der Waals surface area contributed by atoms with Crippen LogP contribution in [0.15, 0.2) is 18.2 Å². The lowest BCUT2D eigenvalue weighted by Crippen LogP contribution is -2.44. The Morgan fingerprint density at radius 3 is 2.42 bits per heavy atom. The molecule has 0 spiro atoms. The molecule has 2 nitrogen and oxygen atoms in total. The maximum atomic E-state index is 6.14. The van der Waals surface area contributed by atoms with Gasteiger partial charge in [-0.25, -0.2) is 0 Å². The Morgan fingerprint density at radius 1 is 1.26 bits per heavy atom. The van der Waals surface area contributed by atoms with Gasteiger partial charge in [0.15, 0.2) is 0 Å². The Balaban J connectivity index is 2.75. The minimum absolute atomic E-state index is 0.0971. The molecule has 1 rings (SSSR count). The predicted octanol–water partition coefficient (Wildman–Crippen LogP) is 4.44. The van der Waals surface area contributed by atoms with Crippen molar-refractivity contribution in [2.75, 3.05) is 6.54 Å². The topological polar surface area (TPSA) is 21.3 Å². The van der Waals surface area contributed by atoms with Crippen LogP contribution in [0.25, 0.3) is 0 Å². The highest BCUT2D eigenvalue weighted by atomic mass is 35.5. The highest BCUT2D eigenvalue weighted by Gasteiger charge is 2.19. The highest BCUT2D eigenvalue weighted by molar-refractivity contribution is 6.30. The molecule has 3 heteroatoms. The van der Waals surface area contributed by atoms with Crippen LogP contribution in [-0.4, -0.2) is 18.2 Å². The van der Waals surface area contributed by atoms with Gasteiger partial charge in [0.2, 0.25) is 0 Å². The van der Waals surface area contributed by atoms with Crippen LogP contribution in [0, 0.1) is 12.8 Å². The van der Waals surface area contributed by atoms with Crippen molar-refractivity contribution in [3.05, 3.63) is 28.8 Å². The maximum absolute atomic E-state index is 6.14. The summed E-state index contributed by atoms with van der Waals surface area (Å²) in [6, 6.07) is 5.77. The first-order chi connectivity index (χ1) is 8.69. The van der Waals surface area contributed by atoms with E-state index in [0.717, 1.165) is 17.9 Å². The van der Waals surface area contributed by atoms with Gasteiger partial charge in [-0.3, -0.25) is 0 Å². The van der Waals surface area contributed by atoms with Gasteiger partial charge in [0.05, 0.1) is 0 Å². The molecule has 0 saturated carbocycles. The van der Waals surface area contributed by atoms with E-state index >= 15 is 0 Å². The molecule has 0 aromatic heterocycles. The van der Waals surface area contributed by atoms with Crippen molar-refractivity contribution >= 4 is 11.6 Å². The normalized spacial score (nSPS) is 13.7. The maximum Gasteiger partial charge on any atom is 0.124 e. The number of halogens is 1. The predicted molar refractivity (Wildman–Crippen MR) is 83.2 cm³/mol. The summed E-state index contributed by atoms with van der Waals surface area (Å²) < 4.78 is 6.14. The van der Waals surface area contributed by atoms with E-state index in [0.29, 0.717) is 10.9 Å². The summed E-state index contributed by atoms with van der Waals surface area (Å²) >= 11 is 6.03. The third-order valence-electron chi connectivity index (χ3n) is 3.01. The number of rotatable bonds is 5. The largest absolute Gasteiger partial charge is 0.489 e. The zero-order chi connectivity index (χ0) is 14.6. The Labute approximate surface area is 122 Å². The molecule has 0 amide bonds. The van der Waals surface area contributed by atoms with Crippen LogP contribution in [0.1, 0.15) is 40.2 Å². The molecule has 0 radical (unpaired) electrons. The molecular weight excluding hydrogens is 258 g/mol. The molecule has 0 saturated heterocycles. The average molecular weight is 284 g/mol. The zero-order valence-electron chi connectivity index (χ0n) is 12.9. The van der Waals surface area contributed by atoms with Crippen molar-refractivity contribution in [1.82, 2.24) is 5.32 Å².